The van der Waals surface area contributed by atoms with Crippen molar-refractivity contribution in [3.05, 3.63) is 6.20 Å². The van der Waals surface area contributed by atoms with Gasteiger partial charge in [0.25, 0.3) is 0 Å². The van der Waals surface area contributed by atoms with E-state index < -0.39 is 0 Å². The molecule has 0 radical (unpaired) electrons. The molecule has 0 saturated heterocycles. The first-order valence-corrected chi connectivity index (χ1v) is 3.09. The number of hydrogen-bond donors (Lipinski definition) is 2. The number of aliphatic hydroxyl groups is 1. The number of nitrogens with zero attached hydrogens (tertiary/aromatic N) is 3. The topological polar surface area (TPSA) is 77.0 Å². The van der Waals surface area contributed by atoms with Crippen LogP contribution in [0.4, 0.5) is 5.82 Å². The molecule has 0 spiro atoms. The number of aromatic nitrogens is 3. The van der Waals surface area contributed by atoms with Crippen LogP contribution in [-0.4, -0.2) is 26.7 Å². The molecular formula is C5H10N4O. The smallest absolute Gasteiger partial charge is 0.165 e. The lowest BCUT2D eigenvalue weighted by Crippen LogP contribution is -2.00. The Morgan fingerprint density at radius 3 is 3.00 bits per heavy atom. The molecule has 3 N–H and O–H groups in total. The average Bonchev–Trinajstić information content (AvgIpc) is 2.31. The van der Waals surface area contributed by atoms with Gasteiger partial charge in [-0.1, -0.05) is 5.21 Å². The fraction of sp³-hybridized carbons (Fsp3) is 0.600. The van der Waals surface area contributed by atoms with Crippen molar-refractivity contribution in [2.24, 2.45) is 0 Å². The molecule has 0 bridgehead atoms. The number of rotatable bonds is 3. The predicted molar refractivity (Wildman–Crippen MR) is 36.1 cm³/mol. The monoisotopic (exact) mass is 142 g/mol. The van der Waals surface area contributed by atoms with Crippen molar-refractivity contribution in [1.82, 2.24) is 15.0 Å². The third-order valence-electron chi connectivity index (χ3n) is 1.10. The first-order valence-electron chi connectivity index (χ1n) is 3.09. The summed E-state index contributed by atoms with van der Waals surface area (Å²) in [6.07, 6.45) is 2.32. The van der Waals surface area contributed by atoms with Crippen LogP contribution in [0.1, 0.15) is 6.42 Å². The normalized spacial score (nSPS) is 10.1. The summed E-state index contributed by atoms with van der Waals surface area (Å²) in [5.41, 5.74) is 5.29. The van der Waals surface area contributed by atoms with Crippen LogP contribution in [-0.2, 0) is 6.54 Å². The minimum atomic E-state index is 0.166. The van der Waals surface area contributed by atoms with E-state index in [9.17, 15) is 0 Å². The number of aryl methyl sites for hydroxylation is 1. The van der Waals surface area contributed by atoms with Crippen LogP contribution in [0.15, 0.2) is 6.20 Å². The Bertz CT molecular complexity index is 197. The summed E-state index contributed by atoms with van der Waals surface area (Å²) in [7, 11) is 0. The first kappa shape index (κ1) is 7.01. The Morgan fingerprint density at radius 1 is 1.70 bits per heavy atom. The Hall–Kier alpha value is -1.10. The van der Waals surface area contributed by atoms with Crippen molar-refractivity contribution in [3.63, 3.8) is 0 Å². The second kappa shape index (κ2) is 3.17. The lowest BCUT2D eigenvalue weighted by Gasteiger charge is -1.94. The summed E-state index contributed by atoms with van der Waals surface area (Å²) in [6, 6.07) is 0. The highest BCUT2D eigenvalue weighted by molar-refractivity contribution is 5.19. The molecule has 0 aliphatic heterocycles. The summed E-state index contributed by atoms with van der Waals surface area (Å²) >= 11 is 0. The number of nitrogens with two attached hydrogens (primary N) is 1. The van der Waals surface area contributed by atoms with Gasteiger partial charge in [0.05, 0.1) is 6.20 Å². The molecular weight excluding hydrogens is 132 g/mol. The highest BCUT2D eigenvalue weighted by atomic mass is 16.3. The SMILES string of the molecule is Nc1cn(CCCO)nn1. The van der Waals surface area contributed by atoms with Gasteiger partial charge in [-0.2, -0.15) is 0 Å². The molecule has 1 aromatic rings. The van der Waals surface area contributed by atoms with Crippen LogP contribution < -0.4 is 5.73 Å². The van der Waals surface area contributed by atoms with E-state index in [1.54, 1.807) is 10.9 Å². The molecule has 5 nitrogen and oxygen atoms in total. The molecule has 0 aromatic carbocycles. The maximum atomic E-state index is 8.44. The summed E-state index contributed by atoms with van der Waals surface area (Å²) in [5, 5.41) is 15.7. The molecule has 5 heteroatoms. The van der Waals surface area contributed by atoms with Gasteiger partial charge < -0.3 is 10.8 Å². The van der Waals surface area contributed by atoms with Gasteiger partial charge in [-0.15, -0.1) is 5.10 Å². The molecule has 10 heavy (non-hydrogen) atoms. The van der Waals surface area contributed by atoms with Crippen LogP contribution >= 0.6 is 0 Å². The second-order valence-electron chi connectivity index (χ2n) is 1.98. The average molecular weight is 142 g/mol. The van der Waals surface area contributed by atoms with Crippen molar-refractivity contribution in [2.75, 3.05) is 12.3 Å². The Kier molecular flexibility index (Phi) is 2.22. The van der Waals surface area contributed by atoms with Crippen LogP contribution in [0.25, 0.3) is 0 Å². The van der Waals surface area contributed by atoms with Gasteiger partial charge in [0.15, 0.2) is 5.82 Å². The zero-order valence-electron chi connectivity index (χ0n) is 5.56. The number of nitrogen functional groups attached to an aromatic ring is 1. The van der Waals surface area contributed by atoms with Crippen molar-refractivity contribution in [3.8, 4) is 0 Å². The zero-order valence-corrected chi connectivity index (χ0v) is 5.56. The summed E-state index contributed by atoms with van der Waals surface area (Å²) < 4.78 is 1.60. The lowest BCUT2D eigenvalue weighted by molar-refractivity contribution is 0.276. The van der Waals surface area contributed by atoms with Crippen LogP contribution in [0, 0.1) is 0 Å². The highest BCUT2D eigenvalue weighted by Crippen LogP contribution is 1.93. The lowest BCUT2D eigenvalue weighted by atomic mass is 10.4. The minimum Gasteiger partial charge on any atom is -0.396 e. The molecule has 0 fully saturated rings. The van der Waals surface area contributed by atoms with Gasteiger partial charge in [0.1, 0.15) is 0 Å². The van der Waals surface area contributed by atoms with E-state index in [1.807, 2.05) is 0 Å². The molecule has 1 rings (SSSR count). The number of hydrogen-bond acceptors (Lipinski definition) is 4. The third-order valence-corrected chi connectivity index (χ3v) is 1.10. The van der Waals surface area contributed by atoms with Crippen molar-refractivity contribution < 1.29 is 5.11 Å². The largest absolute Gasteiger partial charge is 0.396 e. The zero-order chi connectivity index (χ0) is 7.40. The van der Waals surface area contributed by atoms with Gasteiger partial charge in [-0.05, 0) is 6.42 Å². The molecule has 56 valence electrons. The van der Waals surface area contributed by atoms with E-state index >= 15 is 0 Å². The molecule has 0 atom stereocenters. The fourth-order valence-corrected chi connectivity index (χ4v) is 0.655. The van der Waals surface area contributed by atoms with E-state index in [4.69, 9.17) is 10.8 Å². The Morgan fingerprint density at radius 2 is 2.50 bits per heavy atom. The third kappa shape index (κ3) is 1.70. The summed E-state index contributed by atoms with van der Waals surface area (Å²) in [5.74, 6) is 0.415. The van der Waals surface area contributed by atoms with E-state index in [2.05, 4.69) is 10.3 Å². The van der Waals surface area contributed by atoms with Gasteiger partial charge in [-0.25, -0.2) is 0 Å². The van der Waals surface area contributed by atoms with Crippen molar-refractivity contribution in [2.45, 2.75) is 13.0 Å². The number of anilines is 1. The van der Waals surface area contributed by atoms with Crippen molar-refractivity contribution >= 4 is 5.82 Å². The molecule has 0 unspecified atom stereocenters. The number of aliphatic hydroxyl groups excluding tert-OH is 1. The van der Waals surface area contributed by atoms with Crippen LogP contribution in [0.3, 0.4) is 0 Å². The van der Waals surface area contributed by atoms with E-state index in [0.717, 1.165) is 0 Å². The maximum Gasteiger partial charge on any atom is 0.165 e. The van der Waals surface area contributed by atoms with E-state index in [-0.39, 0.29) is 6.61 Å². The van der Waals surface area contributed by atoms with Gasteiger partial charge >= 0.3 is 0 Å². The predicted octanol–water partition coefficient (Wildman–Crippen LogP) is -0.757. The van der Waals surface area contributed by atoms with Gasteiger partial charge in [0, 0.05) is 13.2 Å². The molecule has 0 saturated carbocycles. The molecule has 1 heterocycles. The standard InChI is InChI=1S/C5H10N4O/c6-5-4-9(8-7-5)2-1-3-10/h4,10H,1-3,6H2. The van der Waals surface area contributed by atoms with Gasteiger partial charge in [-0.3, -0.25) is 4.68 Å². The van der Waals surface area contributed by atoms with E-state index in [0.29, 0.717) is 18.8 Å². The molecule has 0 amide bonds. The van der Waals surface area contributed by atoms with E-state index in [1.165, 1.54) is 0 Å². The highest BCUT2D eigenvalue weighted by Gasteiger charge is 1.93. The fourth-order valence-electron chi connectivity index (χ4n) is 0.655. The van der Waals surface area contributed by atoms with Gasteiger partial charge in [0.2, 0.25) is 0 Å². The summed E-state index contributed by atoms with van der Waals surface area (Å²) in [6.45, 7) is 0.834. The minimum absolute atomic E-state index is 0.166. The Balaban J connectivity index is 2.42. The second-order valence-corrected chi connectivity index (χ2v) is 1.98. The molecule has 0 aliphatic carbocycles. The van der Waals surface area contributed by atoms with Crippen molar-refractivity contribution in [1.29, 1.82) is 0 Å². The van der Waals surface area contributed by atoms with Crippen LogP contribution in [0.2, 0.25) is 0 Å². The Labute approximate surface area is 58.5 Å². The quantitative estimate of drug-likeness (QED) is 0.581. The first-order chi connectivity index (χ1) is 4.83. The van der Waals surface area contributed by atoms with Crippen LogP contribution in [0.5, 0.6) is 0 Å². The maximum absolute atomic E-state index is 8.44. The molecule has 1 aromatic heterocycles. The summed E-state index contributed by atoms with van der Waals surface area (Å²) in [4.78, 5) is 0. The molecule has 0 aliphatic rings.